The fourth-order valence-electron chi connectivity index (χ4n) is 3.90. The monoisotopic (exact) mass is 389 g/mol. The van der Waals surface area contributed by atoms with Gasteiger partial charge in [-0.3, -0.25) is 10.1 Å². The summed E-state index contributed by atoms with van der Waals surface area (Å²) in [6.45, 7) is 1.41. The van der Waals surface area contributed by atoms with Crippen molar-refractivity contribution in [2.45, 2.75) is 12.5 Å². The van der Waals surface area contributed by atoms with Gasteiger partial charge in [-0.25, -0.2) is 0 Å². The second-order valence-corrected chi connectivity index (χ2v) is 7.13. The summed E-state index contributed by atoms with van der Waals surface area (Å²) in [6.07, 6.45) is 5.92. The number of aromatic amines is 1. The Morgan fingerprint density at radius 2 is 2.10 bits per heavy atom. The second kappa shape index (κ2) is 7.01. The van der Waals surface area contributed by atoms with Crippen molar-refractivity contribution >= 4 is 22.3 Å². The van der Waals surface area contributed by atoms with E-state index < -0.39 is 4.92 Å². The van der Waals surface area contributed by atoms with E-state index in [0.29, 0.717) is 12.3 Å². The number of benzene rings is 2. The Labute approximate surface area is 166 Å². The number of nitro benzene ring substituents is 1. The lowest BCUT2D eigenvalue weighted by Crippen LogP contribution is -2.36. The van der Waals surface area contributed by atoms with Gasteiger partial charge < -0.3 is 19.0 Å². The quantitative estimate of drug-likeness (QED) is 0.389. The van der Waals surface area contributed by atoms with E-state index >= 15 is 0 Å². The first-order valence-electron chi connectivity index (χ1n) is 9.46. The largest absolute Gasteiger partial charge is 0.481 e. The van der Waals surface area contributed by atoms with Crippen molar-refractivity contribution in [3.63, 3.8) is 0 Å². The average molecular weight is 389 g/mol. The standard InChI is InChI=1S/C22H19N3O4/c26-25(27)17-5-6-20-21(11-17)29-22(16-8-10-28-14-16)13-24(20)9-7-15-12-23-19-4-2-1-3-18(15)19/h1-6,8,10-12,14,22-23H,7,9,13H2. The van der Waals surface area contributed by atoms with Crippen LogP contribution < -0.4 is 9.64 Å². The number of hydrogen-bond donors (Lipinski definition) is 1. The van der Waals surface area contributed by atoms with Crippen LogP contribution in [0.15, 0.2) is 71.7 Å². The highest BCUT2D eigenvalue weighted by Gasteiger charge is 2.29. The van der Waals surface area contributed by atoms with Gasteiger partial charge in [0.2, 0.25) is 0 Å². The Balaban J connectivity index is 1.45. The zero-order valence-corrected chi connectivity index (χ0v) is 15.6. The van der Waals surface area contributed by atoms with Crippen molar-refractivity contribution in [1.29, 1.82) is 0 Å². The first-order valence-corrected chi connectivity index (χ1v) is 9.46. The molecule has 0 saturated heterocycles. The van der Waals surface area contributed by atoms with Gasteiger partial charge in [-0.05, 0) is 30.2 Å². The highest BCUT2D eigenvalue weighted by molar-refractivity contribution is 5.83. The van der Waals surface area contributed by atoms with Crippen LogP contribution in [0, 0.1) is 10.1 Å². The minimum absolute atomic E-state index is 0.0215. The van der Waals surface area contributed by atoms with Gasteiger partial charge >= 0.3 is 0 Å². The third-order valence-electron chi connectivity index (χ3n) is 5.39. The fourth-order valence-corrected chi connectivity index (χ4v) is 3.90. The number of nitrogens with one attached hydrogen (secondary N) is 1. The lowest BCUT2D eigenvalue weighted by molar-refractivity contribution is -0.384. The topological polar surface area (TPSA) is 84.5 Å². The van der Waals surface area contributed by atoms with Crippen molar-refractivity contribution in [3.8, 4) is 5.75 Å². The summed E-state index contributed by atoms with van der Waals surface area (Å²) in [7, 11) is 0. The fraction of sp³-hybridized carbons (Fsp3) is 0.182. The number of furan rings is 1. The summed E-state index contributed by atoms with van der Waals surface area (Å²) in [5.41, 5.74) is 4.18. The molecule has 0 radical (unpaired) electrons. The molecule has 2 aromatic carbocycles. The molecule has 0 bridgehead atoms. The van der Waals surface area contributed by atoms with Gasteiger partial charge in [-0.1, -0.05) is 18.2 Å². The summed E-state index contributed by atoms with van der Waals surface area (Å²) in [4.78, 5) is 16.3. The first-order chi connectivity index (χ1) is 14.2. The van der Waals surface area contributed by atoms with Crippen LogP contribution in [0.5, 0.6) is 5.75 Å². The summed E-state index contributed by atoms with van der Waals surface area (Å²) in [5.74, 6) is 0.524. The van der Waals surface area contributed by atoms with E-state index in [-0.39, 0.29) is 11.8 Å². The van der Waals surface area contributed by atoms with E-state index in [2.05, 4.69) is 28.2 Å². The van der Waals surface area contributed by atoms with Crippen molar-refractivity contribution in [2.75, 3.05) is 18.0 Å². The number of para-hydroxylation sites is 1. The molecule has 3 heterocycles. The Morgan fingerprint density at radius 3 is 2.93 bits per heavy atom. The van der Waals surface area contributed by atoms with Gasteiger partial charge in [0, 0.05) is 35.3 Å². The van der Waals surface area contributed by atoms with Crippen LogP contribution in [0.1, 0.15) is 17.2 Å². The molecule has 0 amide bonds. The van der Waals surface area contributed by atoms with Crippen LogP contribution >= 0.6 is 0 Å². The van der Waals surface area contributed by atoms with Crippen LogP contribution in [0.4, 0.5) is 11.4 Å². The number of H-pyrrole nitrogens is 1. The highest BCUT2D eigenvalue weighted by atomic mass is 16.6. The molecule has 1 atom stereocenters. The Hall–Kier alpha value is -3.74. The molecule has 1 aliphatic heterocycles. The minimum Gasteiger partial charge on any atom is -0.481 e. The van der Waals surface area contributed by atoms with Gasteiger partial charge in [0.25, 0.3) is 5.69 Å². The van der Waals surface area contributed by atoms with Crippen molar-refractivity contribution < 1.29 is 14.1 Å². The number of rotatable bonds is 5. The maximum absolute atomic E-state index is 11.2. The van der Waals surface area contributed by atoms with Gasteiger partial charge in [0.05, 0.1) is 35.7 Å². The number of ether oxygens (including phenoxy) is 1. The number of nitrogens with zero attached hydrogens (tertiary/aromatic N) is 2. The third kappa shape index (κ3) is 3.20. The smallest absolute Gasteiger partial charge is 0.273 e. The lowest BCUT2D eigenvalue weighted by atomic mass is 10.1. The van der Waals surface area contributed by atoms with Gasteiger partial charge in [0.15, 0.2) is 5.75 Å². The van der Waals surface area contributed by atoms with E-state index in [9.17, 15) is 10.1 Å². The lowest BCUT2D eigenvalue weighted by Gasteiger charge is -2.36. The van der Waals surface area contributed by atoms with E-state index in [1.807, 2.05) is 18.2 Å². The van der Waals surface area contributed by atoms with Gasteiger partial charge in [0.1, 0.15) is 6.10 Å². The number of aromatic nitrogens is 1. The molecule has 0 saturated carbocycles. The zero-order valence-electron chi connectivity index (χ0n) is 15.6. The number of non-ortho nitro benzene ring substituents is 1. The van der Waals surface area contributed by atoms with Crippen molar-refractivity contribution in [3.05, 3.63) is 88.5 Å². The average Bonchev–Trinajstić information content (AvgIpc) is 3.41. The maximum atomic E-state index is 11.2. The van der Waals surface area contributed by atoms with Crippen LogP contribution in [-0.4, -0.2) is 23.0 Å². The summed E-state index contributed by atoms with van der Waals surface area (Å²) >= 11 is 0. The summed E-state index contributed by atoms with van der Waals surface area (Å²) in [5, 5.41) is 12.4. The number of anilines is 1. The summed E-state index contributed by atoms with van der Waals surface area (Å²) in [6, 6.07) is 14.9. The molecule has 2 aromatic heterocycles. The Kier molecular flexibility index (Phi) is 4.20. The molecular weight excluding hydrogens is 370 g/mol. The van der Waals surface area contributed by atoms with Crippen molar-refractivity contribution in [1.82, 2.24) is 4.98 Å². The predicted octanol–water partition coefficient (Wildman–Crippen LogP) is 4.85. The molecule has 5 rings (SSSR count). The second-order valence-electron chi connectivity index (χ2n) is 7.13. The zero-order chi connectivity index (χ0) is 19.8. The molecule has 29 heavy (non-hydrogen) atoms. The van der Waals surface area contributed by atoms with E-state index in [0.717, 1.165) is 29.7 Å². The van der Waals surface area contributed by atoms with Crippen LogP contribution in [0.25, 0.3) is 10.9 Å². The molecule has 1 aliphatic rings. The molecule has 0 fully saturated rings. The Morgan fingerprint density at radius 1 is 1.21 bits per heavy atom. The SMILES string of the molecule is O=[N+]([O-])c1ccc2c(c1)OC(c1ccoc1)CN2CCc1c[nH]c2ccccc12. The molecule has 0 spiro atoms. The van der Waals surface area contributed by atoms with E-state index in [1.165, 1.54) is 23.1 Å². The first kappa shape index (κ1) is 17.4. The van der Waals surface area contributed by atoms with E-state index in [4.69, 9.17) is 9.15 Å². The molecular formula is C22H19N3O4. The highest BCUT2D eigenvalue weighted by Crippen LogP contribution is 2.40. The normalized spacial score (nSPS) is 15.9. The molecule has 7 heteroatoms. The minimum atomic E-state index is -0.401. The molecule has 7 nitrogen and oxygen atoms in total. The van der Waals surface area contributed by atoms with E-state index in [1.54, 1.807) is 18.6 Å². The summed E-state index contributed by atoms with van der Waals surface area (Å²) < 4.78 is 11.3. The maximum Gasteiger partial charge on any atom is 0.273 e. The number of hydrogen-bond acceptors (Lipinski definition) is 5. The Bertz CT molecular complexity index is 1170. The molecule has 0 aliphatic carbocycles. The predicted molar refractivity (Wildman–Crippen MR) is 109 cm³/mol. The molecule has 1 N–H and O–H groups in total. The molecule has 1 unspecified atom stereocenters. The van der Waals surface area contributed by atoms with Gasteiger partial charge in [-0.2, -0.15) is 0 Å². The van der Waals surface area contributed by atoms with Crippen LogP contribution in [0.3, 0.4) is 0 Å². The molecule has 4 aromatic rings. The van der Waals surface area contributed by atoms with Crippen LogP contribution in [-0.2, 0) is 6.42 Å². The number of fused-ring (bicyclic) bond motifs is 2. The third-order valence-corrected chi connectivity index (χ3v) is 5.39. The van der Waals surface area contributed by atoms with Crippen LogP contribution in [0.2, 0.25) is 0 Å². The van der Waals surface area contributed by atoms with Gasteiger partial charge in [-0.15, -0.1) is 0 Å². The van der Waals surface area contributed by atoms with Crippen molar-refractivity contribution in [2.24, 2.45) is 0 Å². The molecule has 146 valence electrons. The number of nitro groups is 1.